The normalized spacial score (nSPS) is 12.7. The molecule has 0 aliphatic carbocycles. The summed E-state index contributed by atoms with van der Waals surface area (Å²) in [5.41, 5.74) is 0.581. The summed E-state index contributed by atoms with van der Waals surface area (Å²) in [6.07, 6.45) is 1.66. The molecule has 2 aromatic rings. The first kappa shape index (κ1) is 14.2. The van der Waals surface area contributed by atoms with Gasteiger partial charge in [0.2, 0.25) is 5.76 Å². The fourth-order valence-corrected chi connectivity index (χ4v) is 2.03. The lowest BCUT2D eigenvalue weighted by molar-refractivity contribution is 0.0907. The van der Waals surface area contributed by atoms with Crippen LogP contribution in [0.5, 0.6) is 0 Å². The number of nitrogens with one attached hydrogen (secondary N) is 1. The van der Waals surface area contributed by atoms with Gasteiger partial charge < -0.3 is 14.3 Å². The number of carbonyl (C=O) groups excluding carboxylic acids is 1. The topological polar surface area (TPSA) is 85.8 Å². The van der Waals surface area contributed by atoms with E-state index in [1.165, 1.54) is 0 Å². The monoisotopic (exact) mass is 277 g/mol. The molecule has 1 amide bonds. The summed E-state index contributed by atoms with van der Waals surface area (Å²) < 4.78 is 7.23. The second-order valence-electron chi connectivity index (χ2n) is 5.03. The summed E-state index contributed by atoms with van der Waals surface area (Å²) >= 11 is 0. The van der Waals surface area contributed by atoms with E-state index in [0.29, 0.717) is 17.4 Å². The van der Waals surface area contributed by atoms with E-state index in [2.05, 4.69) is 20.5 Å². The lowest BCUT2D eigenvalue weighted by Gasteiger charge is -2.16. The number of nitrogens with zero attached hydrogens (tertiary/aromatic N) is 4. The molecule has 2 aromatic heterocycles. The molecule has 20 heavy (non-hydrogen) atoms. The lowest BCUT2D eigenvalue weighted by atomic mass is 10.2. The van der Waals surface area contributed by atoms with Crippen molar-refractivity contribution in [1.82, 2.24) is 25.1 Å². The Kier molecular flexibility index (Phi) is 3.87. The highest BCUT2D eigenvalue weighted by Crippen LogP contribution is 2.16. The first-order valence-corrected chi connectivity index (χ1v) is 6.54. The van der Waals surface area contributed by atoms with Crippen molar-refractivity contribution in [3.63, 3.8) is 0 Å². The molecule has 7 heteroatoms. The Morgan fingerprint density at radius 2 is 2.05 bits per heavy atom. The second-order valence-corrected chi connectivity index (χ2v) is 5.03. The molecule has 108 valence electrons. The minimum atomic E-state index is -0.297. The first-order chi connectivity index (χ1) is 9.40. The third kappa shape index (κ3) is 2.71. The molecule has 2 rings (SSSR count). The number of hydrogen-bond acceptors (Lipinski definition) is 5. The van der Waals surface area contributed by atoms with Crippen molar-refractivity contribution in [2.75, 3.05) is 0 Å². The maximum atomic E-state index is 12.2. The van der Waals surface area contributed by atoms with Gasteiger partial charge in [0.1, 0.15) is 6.33 Å². The van der Waals surface area contributed by atoms with Crippen molar-refractivity contribution in [1.29, 1.82) is 0 Å². The summed E-state index contributed by atoms with van der Waals surface area (Å²) in [5.74, 6) is 1.13. The maximum absolute atomic E-state index is 12.2. The zero-order valence-corrected chi connectivity index (χ0v) is 12.3. The van der Waals surface area contributed by atoms with Crippen LogP contribution in [-0.4, -0.2) is 25.7 Å². The predicted molar refractivity (Wildman–Crippen MR) is 72.3 cm³/mol. The number of carbonyl (C=O) groups is 1. The van der Waals surface area contributed by atoms with E-state index in [-0.39, 0.29) is 23.8 Å². The third-order valence-corrected chi connectivity index (χ3v) is 3.00. The molecule has 0 radical (unpaired) electrons. The molecular formula is C13H19N5O2. The summed E-state index contributed by atoms with van der Waals surface area (Å²) in [7, 11) is 0. The number of hydrogen-bond donors (Lipinski definition) is 1. The molecule has 7 nitrogen and oxygen atoms in total. The fraction of sp³-hybridized carbons (Fsp3) is 0.538. The molecule has 0 unspecified atom stereocenters. The van der Waals surface area contributed by atoms with Gasteiger partial charge in [0.05, 0.1) is 11.7 Å². The molecule has 1 N–H and O–H groups in total. The SMILES string of the molecule is Cc1nc(C)c(C(=O)N[C@@H](C)c2nncn2C(C)C)o1. The quantitative estimate of drug-likeness (QED) is 0.923. The number of aromatic nitrogens is 4. The van der Waals surface area contributed by atoms with E-state index >= 15 is 0 Å². The van der Waals surface area contributed by atoms with Gasteiger partial charge in [-0.25, -0.2) is 4.98 Å². The zero-order valence-electron chi connectivity index (χ0n) is 12.3. The van der Waals surface area contributed by atoms with Gasteiger partial charge in [-0.05, 0) is 27.7 Å². The van der Waals surface area contributed by atoms with Crippen molar-refractivity contribution in [3.05, 3.63) is 29.5 Å². The Morgan fingerprint density at radius 3 is 2.60 bits per heavy atom. The van der Waals surface area contributed by atoms with Gasteiger partial charge in [-0.2, -0.15) is 0 Å². The average Bonchev–Trinajstić information content (AvgIpc) is 2.95. The summed E-state index contributed by atoms with van der Waals surface area (Å²) in [5, 5.41) is 10.8. The molecule has 0 aliphatic rings. The van der Waals surface area contributed by atoms with E-state index in [1.54, 1.807) is 20.2 Å². The van der Waals surface area contributed by atoms with Gasteiger partial charge in [0.25, 0.3) is 5.91 Å². The summed E-state index contributed by atoms with van der Waals surface area (Å²) in [4.78, 5) is 16.3. The van der Waals surface area contributed by atoms with Crippen LogP contribution in [0.3, 0.4) is 0 Å². The van der Waals surface area contributed by atoms with E-state index in [1.807, 2.05) is 25.3 Å². The Labute approximate surface area is 117 Å². The average molecular weight is 277 g/mol. The summed E-state index contributed by atoms with van der Waals surface area (Å²) in [6, 6.07) is -0.0363. The van der Waals surface area contributed by atoms with E-state index < -0.39 is 0 Å². The Morgan fingerprint density at radius 1 is 1.35 bits per heavy atom. The zero-order chi connectivity index (χ0) is 14.9. The largest absolute Gasteiger partial charge is 0.436 e. The van der Waals surface area contributed by atoms with Gasteiger partial charge in [-0.15, -0.1) is 10.2 Å². The second kappa shape index (κ2) is 5.44. The Bertz CT molecular complexity index is 614. The maximum Gasteiger partial charge on any atom is 0.289 e. The Balaban J connectivity index is 2.15. The molecule has 0 saturated carbocycles. The summed E-state index contributed by atoms with van der Waals surface area (Å²) in [6.45, 7) is 9.38. The van der Waals surface area contributed by atoms with E-state index in [4.69, 9.17) is 4.42 Å². The molecule has 1 atom stereocenters. The highest BCUT2D eigenvalue weighted by molar-refractivity contribution is 5.92. The third-order valence-electron chi connectivity index (χ3n) is 3.00. The van der Waals surface area contributed by atoms with Crippen molar-refractivity contribution < 1.29 is 9.21 Å². The van der Waals surface area contributed by atoms with Crippen LogP contribution in [0.15, 0.2) is 10.7 Å². The standard InChI is InChI=1S/C13H19N5O2/c1-7(2)18-6-14-17-12(18)9(4)16-13(19)11-8(3)15-10(5)20-11/h6-7,9H,1-5H3,(H,16,19)/t9-/m0/s1. The van der Waals surface area contributed by atoms with Crippen LogP contribution in [0.4, 0.5) is 0 Å². The highest BCUT2D eigenvalue weighted by atomic mass is 16.4. The lowest BCUT2D eigenvalue weighted by Crippen LogP contribution is -2.29. The van der Waals surface area contributed by atoms with Crippen LogP contribution in [0.2, 0.25) is 0 Å². The van der Waals surface area contributed by atoms with Crippen LogP contribution < -0.4 is 5.32 Å². The van der Waals surface area contributed by atoms with E-state index in [0.717, 1.165) is 0 Å². The molecule has 0 aromatic carbocycles. The van der Waals surface area contributed by atoms with Crippen LogP contribution in [-0.2, 0) is 0 Å². The number of aryl methyl sites for hydroxylation is 2. The first-order valence-electron chi connectivity index (χ1n) is 6.54. The van der Waals surface area contributed by atoms with Crippen molar-refractivity contribution in [3.8, 4) is 0 Å². The van der Waals surface area contributed by atoms with Crippen LogP contribution in [0.25, 0.3) is 0 Å². The van der Waals surface area contributed by atoms with Crippen molar-refractivity contribution in [2.24, 2.45) is 0 Å². The Hall–Kier alpha value is -2.18. The molecule has 2 heterocycles. The van der Waals surface area contributed by atoms with Gasteiger partial charge in [0.15, 0.2) is 11.7 Å². The molecule has 0 bridgehead atoms. The van der Waals surface area contributed by atoms with Gasteiger partial charge in [0, 0.05) is 13.0 Å². The van der Waals surface area contributed by atoms with E-state index in [9.17, 15) is 4.79 Å². The minimum Gasteiger partial charge on any atom is -0.436 e. The smallest absolute Gasteiger partial charge is 0.289 e. The van der Waals surface area contributed by atoms with Crippen LogP contribution >= 0.6 is 0 Å². The van der Waals surface area contributed by atoms with Crippen LogP contribution in [0.1, 0.15) is 60.8 Å². The molecule has 0 spiro atoms. The molecule has 0 saturated heterocycles. The van der Waals surface area contributed by atoms with Crippen molar-refractivity contribution >= 4 is 5.91 Å². The number of amides is 1. The number of oxazole rings is 1. The van der Waals surface area contributed by atoms with Crippen molar-refractivity contribution in [2.45, 2.75) is 46.7 Å². The molecular weight excluding hydrogens is 258 g/mol. The van der Waals surface area contributed by atoms with Gasteiger partial charge in [-0.1, -0.05) is 0 Å². The fourth-order valence-electron chi connectivity index (χ4n) is 2.03. The van der Waals surface area contributed by atoms with Gasteiger partial charge in [-0.3, -0.25) is 4.79 Å². The molecule has 0 fully saturated rings. The number of rotatable bonds is 4. The predicted octanol–water partition coefficient (Wildman–Crippen LogP) is 1.95. The highest BCUT2D eigenvalue weighted by Gasteiger charge is 2.21. The minimum absolute atomic E-state index is 0.230. The molecule has 0 aliphatic heterocycles. The van der Waals surface area contributed by atoms with Crippen LogP contribution in [0, 0.1) is 13.8 Å². The van der Waals surface area contributed by atoms with Gasteiger partial charge >= 0.3 is 0 Å².